The number of nitrogens with zero attached hydrogens (tertiary/aromatic N) is 2. The van der Waals surface area contributed by atoms with E-state index >= 15 is 0 Å². The van der Waals surface area contributed by atoms with Gasteiger partial charge in [0.25, 0.3) is 0 Å². The van der Waals surface area contributed by atoms with Crippen molar-refractivity contribution in [1.82, 2.24) is 9.88 Å². The van der Waals surface area contributed by atoms with Crippen LogP contribution in [0.4, 0.5) is 0 Å². The molecular formula is C20H18Cl2N2O2. The molecule has 134 valence electrons. The Kier molecular flexibility index (Phi) is 5.64. The van der Waals surface area contributed by atoms with Crippen LogP contribution in [0.1, 0.15) is 25.3 Å². The average molecular weight is 389 g/mol. The number of aromatic nitrogens is 1. The standard InChI is InChI=1S/C20H18Cl2N2O2/c1-13(2)24(12-14-7-8-15(21)16(22)11-14)20(25)10-9-19-23-17-5-3-4-6-18(17)26-19/h3-11,13H,12H2,1-2H3/b10-9+. The summed E-state index contributed by atoms with van der Waals surface area (Å²) in [4.78, 5) is 18.7. The number of para-hydroxylation sites is 2. The number of benzene rings is 2. The fraction of sp³-hybridized carbons (Fsp3) is 0.200. The first kappa shape index (κ1) is 18.5. The van der Waals surface area contributed by atoms with Crippen LogP contribution >= 0.6 is 23.2 Å². The summed E-state index contributed by atoms with van der Waals surface area (Å²) in [7, 11) is 0. The summed E-state index contributed by atoms with van der Waals surface area (Å²) in [6, 6.07) is 12.9. The molecule has 2 aromatic carbocycles. The average Bonchev–Trinajstić information content (AvgIpc) is 3.03. The monoisotopic (exact) mass is 388 g/mol. The van der Waals surface area contributed by atoms with Crippen molar-refractivity contribution in [1.29, 1.82) is 0 Å². The molecule has 0 aliphatic carbocycles. The molecule has 0 saturated heterocycles. The number of rotatable bonds is 5. The Morgan fingerprint density at radius 2 is 1.96 bits per heavy atom. The highest BCUT2D eigenvalue weighted by Crippen LogP contribution is 2.24. The zero-order chi connectivity index (χ0) is 18.7. The molecule has 0 radical (unpaired) electrons. The molecule has 0 spiro atoms. The summed E-state index contributed by atoms with van der Waals surface area (Å²) < 4.78 is 5.61. The molecule has 0 bridgehead atoms. The number of carbonyl (C=O) groups is 1. The maximum atomic E-state index is 12.6. The second-order valence-corrected chi connectivity index (χ2v) is 6.98. The molecule has 0 saturated carbocycles. The molecule has 1 heterocycles. The van der Waals surface area contributed by atoms with E-state index in [1.165, 1.54) is 6.08 Å². The van der Waals surface area contributed by atoms with Gasteiger partial charge in [-0.15, -0.1) is 0 Å². The van der Waals surface area contributed by atoms with Gasteiger partial charge in [0.1, 0.15) is 5.52 Å². The zero-order valence-electron chi connectivity index (χ0n) is 14.4. The fourth-order valence-corrected chi connectivity index (χ4v) is 2.87. The Hall–Kier alpha value is -2.30. The van der Waals surface area contributed by atoms with Gasteiger partial charge in [-0.3, -0.25) is 4.79 Å². The lowest BCUT2D eigenvalue weighted by Gasteiger charge is -2.25. The number of hydrogen-bond acceptors (Lipinski definition) is 3. The van der Waals surface area contributed by atoms with Gasteiger partial charge in [0.05, 0.1) is 10.0 Å². The topological polar surface area (TPSA) is 46.3 Å². The number of fused-ring (bicyclic) bond motifs is 1. The predicted molar refractivity (Wildman–Crippen MR) is 105 cm³/mol. The zero-order valence-corrected chi connectivity index (χ0v) is 16.0. The third kappa shape index (κ3) is 4.26. The molecule has 0 atom stereocenters. The summed E-state index contributed by atoms with van der Waals surface area (Å²) in [6.07, 6.45) is 3.06. The molecule has 3 rings (SSSR count). The van der Waals surface area contributed by atoms with E-state index in [-0.39, 0.29) is 11.9 Å². The van der Waals surface area contributed by atoms with Crippen molar-refractivity contribution >= 4 is 46.3 Å². The summed E-state index contributed by atoms with van der Waals surface area (Å²) in [5.74, 6) is 0.270. The van der Waals surface area contributed by atoms with Crippen molar-refractivity contribution in [2.75, 3.05) is 0 Å². The molecule has 4 nitrogen and oxygen atoms in total. The molecular weight excluding hydrogens is 371 g/mol. The summed E-state index contributed by atoms with van der Waals surface area (Å²) >= 11 is 12.0. The number of carbonyl (C=O) groups excluding carboxylic acids is 1. The maximum absolute atomic E-state index is 12.6. The number of halogens is 2. The first-order valence-corrected chi connectivity index (χ1v) is 8.98. The van der Waals surface area contributed by atoms with E-state index in [0.717, 1.165) is 11.1 Å². The SMILES string of the molecule is CC(C)N(Cc1ccc(Cl)c(Cl)c1)C(=O)/C=C/c1nc2ccccc2o1. The predicted octanol–water partition coefficient (Wildman–Crippen LogP) is 5.59. The fourth-order valence-electron chi connectivity index (χ4n) is 2.55. The molecule has 0 N–H and O–H groups in total. The van der Waals surface area contributed by atoms with Gasteiger partial charge < -0.3 is 9.32 Å². The molecule has 3 aromatic rings. The molecule has 6 heteroatoms. The highest BCUT2D eigenvalue weighted by Gasteiger charge is 2.16. The summed E-state index contributed by atoms with van der Waals surface area (Å²) in [5, 5.41) is 0.969. The van der Waals surface area contributed by atoms with Crippen LogP contribution in [0.5, 0.6) is 0 Å². The third-order valence-electron chi connectivity index (χ3n) is 3.92. The van der Waals surface area contributed by atoms with Gasteiger partial charge in [-0.25, -0.2) is 4.98 Å². The summed E-state index contributed by atoms with van der Waals surface area (Å²) in [6.45, 7) is 4.36. The van der Waals surface area contributed by atoms with E-state index < -0.39 is 0 Å². The molecule has 0 aliphatic rings. The Balaban J connectivity index is 1.76. The van der Waals surface area contributed by atoms with Crippen LogP contribution in [0.15, 0.2) is 53.0 Å². The Morgan fingerprint density at radius 1 is 1.19 bits per heavy atom. The Bertz CT molecular complexity index is 930. The molecule has 1 amide bonds. The second kappa shape index (κ2) is 7.94. The van der Waals surface area contributed by atoms with Crippen molar-refractivity contribution in [3.8, 4) is 0 Å². The first-order chi connectivity index (χ1) is 12.4. The number of hydrogen-bond donors (Lipinski definition) is 0. The first-order valence-electron chi connectivity index (χ1n) is 8.22. The van der Waals surface area contributed by atoms with E-state index in [2.05, 4.69) is 4.98 Å². The van der Waals surface area contributed by atoms with Gasteiger partial charge in [0, 0.05) is 24.7 Å². The molecule has 26 heavy (non-hydrogen) atoms. The normalized spacial score (nSPS) is 11.6. The van der Waals surface area contributed by atoms with Gasteiger partial charge in [0.2, 0.25) is 11.8 Å². The minimum Gasteiger partial charge on any atom is -0.437 e. The lowest BCUT2D eigenvalue weighted by atomic mass is 10.2. The van der Waals surface area contributed by atoms with Gasteiger partial charge in [-0.2, -0.15) is 0 Å². The van der Waals surface area contributed by atoms with E-state index in [1.807, 2.05) is 44.2 Å². The molecule has 0 fully saturated rings. The van der Waals surface area contributed by atoms with Crippen LogP contribution in [-0.4, -0.2) is 21.8 Å². The smallest absolute Gasteiger partial charge is 0.247 e. The summed E-state index contributed by atoms with van der Waals surface area (Å²) in [5.41, 5.74) is 2.36. The second-order valence-electron chi connectivity index (χ2n) is 6.16. The Labute approximate surface area is 162 Å². The van der Waals surface area contributed by atoms with Crippen molar-refractivity contribution in [3.63, 3.8) is 0 Å². The van der Waals surface area contributed by atoms with Gasteiger partial charge in [-0.05, 0) is 43.7 Å². The van der Waals surface area contributed by atoms with E-state index in [1.54, 1.807) is 23.1 Å². The van der Waals surface area contributed by atoms with E-state index in [4.69, 9.17) is 27.6 Å². The van der Waals surface area contributed by atoms with Crippen LogP contribution in [0.25, 0.3) is 17.2 Å². The van der Waals surface area contributed by atoms with Gasteiger partial charge in [0.15, 0.2) is 5.58 Å². The molecule has 0 unspecified atom stereocenters. The minimum absolute atomic E-state index is 0.0187. The van der Waals surface area contributed by atoms with E-state index in [9.17, 15) is 4.79 Å². The molecule has 0 aliphatic heterocycles. The van der Waals surface area contributed by atoms with Crippen molar-refractivity contribution < 1.29 is 9.21 Å². The van der Waals surface area contributed by atoms with Crippen molar-refractivity contribution in [2.45, 2.75) is 26.4 Å². The van der Waals surface area contributed by atoms with Crippen molar-refractivity contribution in [2.24, 2.45) is 0 Å². The highest BCUT2D eigenvalue weighted by molar-refractivity contribution is 6.42. The number of amides is 1. The van der Waals surface area contributed by atoms with Gasteiger partial charge in [-0.1, -0.05) is 41.4 Å². The lowest BCUT2D eigenvalue weighted by molar-refractivity contribution is -0.128. The quantitative estimate of drug-likeness (QED) is 0.535. The Morgan fingerprint density at radius 3 is 2.65 bits per heavy atom. The molecule has 1 aromatic heterocycles. The van der Waals surface area contributed by atoms with Crippen LogP contribution < -0.4 is 0 Å². The number of oxazole rings is 1. The highest BCUT2D eigenvalue weighted by atomic mass is 35.5. The lowest BCUT2D eigenvalue weighted by Crippen LogP contribution is -2.35. The van der Waals surface area contributed by atoms with Crippen molar-refractivity contribution in [3.05, 3.63) is 70.0 Å². The largest absolute Gasteiger partial charge is 0.437 e. The maximum Gasteiger partial charge on any atom is 0.247 e. The van der Waals surface area contributed by atoms with Crippen LogP contribution in [0, 0.1) is 0 Å². The van der Waals surface area contributed by atoms with E-state index in [0.29, 0.717) is 28.1 Å². The van der Waals surface area contributed by atoms with Gasteiger partial charge >= 0.3 is 0 Å². The third-order valence-corrected chi connectivity index (χ3v) is 4.66. The minimum atomic E-state index is -0.131. The van der Waals surface area contributed by atoms with Crippen LogP contribution in [0.3, 0.4) is 0 Å². The van der Waals surface area contributed by atoms with Crippen LogP contribution in [0.2, 0.25) is 10.0 Å². The van der Waals surface area contributed by atoms with Crippen LogP contribution in [-0.2, 0) is 11.3 Å².